The number of hydrazone groups is 1. The highest BCUT2D eigenvalue weighted by Gasteiger charge is 1.98. The van der Waals surface area contributed by atoms with E-state index in [9.17, 15) is 4.79 Å². The first-order valence-corrected chi connectivity index (χ1v) is 7.77. The average molecular weight is 286 g/mol. The van der Waals surface area contributed by atoms with Crippen molar-refractivity contribution in [2.45, 2.75) is 52.4 Å². The summed E-state index contributed by atoms with van der Waals surface area (Å²) in [6.07, 6.45) is 10.0. The van der Waals surface area contributed by atoms with E-state index >= 15 is 0 Å². The van der Waals surface area contributed by atoms with Gasteiger partial charge in [0.2, 0.25) is 5.91 Å². The number of hydrogen-bond donors (Lipinski definition) is 1. The summed E-state index contributed by atoms with van der Waals surface area (Å²) in [6.45, 7) is 4.15. The van der Waals surface area contributed by atoms with Gasteiger partial charge in [-0.2, -0.15) is 5.10 Å². The number of rotatable bonds is 9. The monoisotopic (exact) mass is 286 g/mol. The van der Waals surface area contributed by atoms with Crippen LogP contribution in [0.15, 0.2) is 41.0 Å². The van der Waals surface area contributed by atoms with Gasteiger partial charge in [-0.1, -0.05) is 69.0 Å². The van der Waals surface area contributed by atoms with Gasteiger partial charge in [0.25, 0.3) is 0 Å². The highest BCUT2D eigenvalue weighted by molar-refractivity contribution is 5.86. The molecule has 1 aromatic rings. The second-order valence-electron chi connectivity index (χ2n) is 5.26. The molecular formula is C18H26N2O. The Morgan fingerprint density at radius 1 is 1.14 bits per heavy atom. The second-order valence-corrected chi connectivity index (χ2v) is 5.26. The Hall–Kier alpha value is -1.90. The number of nitrogens with zero attached hydrogens (tertiary/aromatic N) is 1. The number of benzene rings is 1. The summed E-state index contributed by atoms with van der Waals surface area (Å²) in [6, 6.07) is 10.0. The molecule has 114 valence electrons. The van der Waals surface area contributed by atoms with Gasteiger partial charge in [0.05, 0.1) is 6.21 Å². The first-order chi connectivity index (χ1) is 10.2. The fourth-order valence-corrected chi connectivity index (χ4v) is 2.00. The van der Waals surface area contributed by atoms with Gasteiger partial charge in [0.15, 0.2) is 0 Å². The minimum atomic E-state index is -0.00439. The zero-order valence-electron chi connectivity index (χ0n) is 13.1. The molecule has 0 spiro atoms. The van der Waals surface area contributed by atoms with Crippen molar-refractivity contribution < 1.29 is 4.79 Å². The minimum Gasteiger partial charge on any atom is -0.273 e. The van der Waals surface area contributed by atoms with E-state index in [1.165, 1.54) is 19.3 Å². The molecule has 3 nitrogen and oxygen atoms in total. The summed E-state index contributed by atoms with van der Waals surface area (Å²) in [7, 11) is 0. The first kappa shape index (κ1) is 17.2. The standard InChI is InChI=1S/C18H26N2O/c1-3-4-5-6-10-13-18(21)20-19-15-16(2)14-17-11-8-7-9-12-17/h7-9,11-12,14-15H,3-6,10,13H2,1-2H3,(H,20,21). The number of allylic oxidation sites excluding steroid dienone is 1. The van der Waals surface area contributed by atoms with Gasteiger partial charge in [-0.25, -0.2) is 5.43 Å². The Bertz CT molecular complexity index is 463. The predicted octanol–water partition coefficient (Wildman–Crippen LogP) is 4.55. The largest absolute Gasteiger partial charge is 0.273 e. The molecule has 0 saturated carbocycles. The van der Waals surface area contributed by atoms with Crippen molar-refractivity contribution in [3.8, 4) is 0 Å². The van der Waals surface area contributed by atoms with Crippen LogP contribution in [0.2, 0.25) is 0 Å². The summed E-state index contributed by atoms with van der Waals surface area (Å²) in [5.74, 6) is -0.00439. The molecule has 21 heavy (non-hydrogen) atoms. The van der Waals surface area contributed by atoms with E-state index in [0.29, 0.717) is 6.42 Å². The molecule has 1 aromatic carbocycles. The quantitative estimate of drug-likeness (QED) is 0.404. The summed E-state index contributed by atoms with van der Waals surface area (Å²) >= 11 is 0. The molecule has 0 aliphatic rings. The number of carbonyl (C=O) groups is 1. The summed E-state index contributed by atoms with van der Waals surface area (Å²) < 4.78 is 0. The van der Waals surface area contributed by atoms with Crippen LogP contribution in [0.4, 0.5) is 0 Å². The molecule has 0 radical (unpaired) electrons. The zero-order valence-corrected chi connectivity index (χ0v) is 13.1. The normalized spacial score (nSPS) is 11.8. The predicted molar refractivity (Wildman–Crippen MR) is 90.1 cm³/mol. The lowest BCUT2D eigenvalue weighted by atomic mass is 10.1. The Kier molecular flexibility index (Phi) is 8.85. The van der Waals surface area contributed by atoms with Crippen LogP contribution >= 0.6 is 0 Å². The summed E-state index contributed by atoms with van der Waals surface area (Å²) in [4.78, 5) is 11.6. The molecule has 0 aliphatic carbocycles. The molecule has 0 aliphatic heterocycles. The lowest BCUT2D eigenvalue weighted by Crippen LogP contribution is -2.16. The van der Waals surface area contributed by atoms with E-state index < -0.39 is 0 Å². The van der Waals surface area contributed by atoms with E-state index in [4.69, 9.17) is 0 Å². The highest BCUT2D eigenvalue weighted by Crippen LogP contribution is 2.05. The third-order valence-electron chi connectivity index (χ3n) is 3.16. The van der Waals surface area contributed by atoms with Gasteiger partial charge in [0.1, 0.15) is 0 Å². The van der Waals surface area contributed by atoms with Crippen molar-refractivity contribution in [3.05, 3.63) is 41.5 Å². The molecule has 3 heteroatoms. The molecule has 1 N–H and O–H groups in total. The fourth-order valence-electron chi connectivity index (χ4n) is 2.00. The van der Waals surface area contributed by atoms with E-state index in [1.807, 2.05) is 43.3 Å². The number of amides is 1. The van der Waals surface area contributed by atoms with Crippen LogP contribution in [-0.4, -0.2) is 12.1 Å². The number of carbonyl (C=O) groups excluding carboxylic acids is 1. The van der Waals surface area contributed by atoms with E-state index in [0.717, 1.165) is 24.0 Å². The Balaban J connectivity index is 2.24. The zero-order chi connectivity index (χ0) is 15.3. The SMILES string of the molecule is CCCCCCCC(=O)NN=CC(C)=Cc1ccccc1. The topological polar surface area (TPSA) is 41.5 Å². The van der Waals surface area contributed by atoms with Gasteiger partial charge >= 0.3 is 0 Å². The minimum absolute atomic E-state index is 0.00439. The van der Waals surface area contributed by atoms with Crippen LogP contribution in [0.25, 0.3) is 6.08 Å². The maximum Gasteiger partial charge on any atom is 0.240 e. The molecule has 0 fully saturated rings. The van der Waals surface area contributed by atoms with Gasteiger partial charge in [0, 0.05) is 6.42 Å². The van der Waals surface area contributed by atoms with E-state index in [2.05, 4.69) is 17.5 Å². The lowest BCUT2D eigenvalue weighted by molar-refractivity contribution is -0.121. The number of hydrogen-bond acceptors (Lipinski definition) is 2. The van der Waals surface area contributed by atoms with Crippen molar-refractivity contribution in [2.24, 2.45) is 5.10 Å². The maximum atomic E-state index is 11.6. The fraction of sp³-hybridized carbons (Fsp3) is 0.444. The van der Waals surface area contributed by atoms with Gasteiger partial charge < -0.3 is 0 Å². The number of unbranched alkanes of at least 4 members (excludes halogenated alkanes) is 4. The molecule has 1 amide bonds. The second kappa shape index (κ2) is 10.8. The van der Waals surface area contributed by atoms with E-state index in [1.54, 1.807) is 6.21 Å². The third-order valence-corrected chi connectivity index (χ3v) is 3.16. The molecule has 0 aromatic heterocycles. The van der Waals surface area contributed by atoms with Gasteiger partial charge in [-0.3, -0.25) is 4.79 Å². The molecule has 0 heterocycles. The van der Waals surface area contributed by atoms with Crippen molar-refractivity contribution in [1.82, 2.24) is 5.43 Å². The van der Waals surface area contributed by atoms with E-state index in [-0.39, 0.29) is 5.91 Å². The van der Waals surface area contributed by atoms with Crippen molar-refractivity contribution in [1.29, 1.82) is 0 Å². The average Bonchev–Trinajstić information content (AvgIpc) is 2.48. The Morgan fingerprint density at radius 2 is 1.86 bits per heavy atom. The lowest BCUT2D eigenvalue weighted by Gasteiger charge is -2.00. The Labute approximate surface area is 128 Å². The maximum absolute atomic E-state index is 11.6. The van der Waals surface area contributed by atoms with Crippen molar-refractivity contribution >= 4 is 18.2 Å². The molecule has 0 saturated heterocycles. The van der Waals surface area contributed by atoms with Crippen LogP contribution in [0.5, 0.6) is 0 Å². The van der Waals surface area contributed by atoms with Crippen LogP contribution in [0, 0.1) is 0 Å². The van der Waals surface area contributed by atoms with Crippen LogP contribution in [0.1, 0.15) is 57.9 Å². The molecule has 1 rings (SSSR count). The Morgan fingerprint density at radius 3 is 2.57 bits per heavy atom. The van der Waals surface area contributed by atoms with Gasteiger partial charge in [-0.05, 0) is 24.5 Å². The highest BCUT2D eigenvalue weighted by atomic mass is 16.2. The van der Waals surface area contributed by atoms with Crippen molar-refractivity contribution in [2.75, 3.05) is 0 Å². The summed E-state index contributed by atoms with van der Waals surface area (Å²) in [5.41, 5.74) is 4.71. The van der Waals surface area contributed by atoms with Gasteiger partial charge in [-0.15, -0.1) is 0 Å². The summed E-state index contributed by atoms with van der Waals surface area (Å²) in [5, 5.41) is 3.99. The van der Waals surface area contributed by atoms with Crippen LogP contribution in [0.3, 0.4) is 0 Å². The molecule has 0 bridgehead atoms. The van der Waals surface area contributed by atoms with Crippen molar-refractivity contribution in [3.63, 3.8) is 0 Å². The van der Waals surface area contributed by atoms with Crippen LogP contribution in [-0.2, 0) is 4.79 Å². The van der Waals surface area contributed by atoms with Crippen LogP contribution < -0.4 is 5.43 Å². The smallest absolute Gasteiger partial charge is 0.240 e. The third kappa shape index (κ3) is 8.79. The first-order valence-electron chi connectivity index (χ1n) is 7.77. The molecule has 0 atom stereocenters. The number of nitrogens with one attached hydrogen (secondary N) is 1. The molecule has 0 unspecified atom stereocenters. The molecular weight excluding hydrogens is 260 g/mol.